The average Bonchev–Trinajstić information content (AvgIpc) is 3.03. The zero-order valence-electron chi connectivity index (χ0n) is 12.0. The molecule has 2 atom stereocenters. The van der Waals surface area contributed by atoms with E-state index in [-0.39, 0.29) is 0 Å². The molecule has 0 amide bonds. The number of carbonyl (C=O) groups is 1. The lowest BCUT2D eigenvalue weighted by atomic mass is 10.00. The minimum atomic E-state index is -0.777. The molecule has 20 heavy (non-hydrogen) atoms. The van der Waals surface area contributed by atoms with Crippen molar-refractivity contribution in [1.29, 1.82) is 0 Å². The molecule has 1 aromatic heterocycles. The largest absolute Gasteiger partial charge is 0.481 e. The molecular weight excluding hydrogens is 256 g/mol. The highest BCUT2D eigenvalue weighted by atomic mass is 16.4. The van der Waals surface area contributed by atoms with Crippen molar-refractivity contribution < 1.29 is 9.90 Å². The van der Waals surface area contributed by atoms with E-state index in [1.807, 2.05) is 4.68 Å². The Morgan fingerprint density at radius 1 is 1.35 bits per heavy atom. The lowest BCUT2D eigenvalue weighted by Gasteiger charge is -2.21. The number of nitrogens with zero attached hydrogens (tertiary/aromatic N) is 4. The number of carboxylic acid groups (broad SMARTS) is 1. The van der Waals surface area contributed by atoms with Crippen LogP contribution in [-0.2, 0) is 17.8 Å². The monoisotopic (exact) mass is 278 g/mol. The third kappa shape index (κ3) is 2.44. The van der Waals surface area contributed by atoms with Gasteiger partial charge in [-0.15, -0.1) is 0 Å². The van der Waals surface area contributed by atoms with Crippen LogP contribution in [0.5, 0.6) is 0 Å². The number of aromatic nitrogens is 3. The molecule has 1 aromatic rings. The third-order valence-corrected chi connectivity index (χ3v) is 4.54. The minimum Gasteiger partial charge on any atom is -0.481 e. The number of likely N-dealkylation sites (N-methyl/N-ethyl adjacent to an activating group) is 1. The van der Waals surface area contributed by atoms with E-state index in [4.69, 9.17) is 0 Å². The molecule has 6 heteroatoms. The fourth-order valence-electron chi connectivity index (χ4n) is 3.47. The molecule has 110 valence electrons. The summed E-state index contributed by atoms with van der Waals surface area (Å²) in [5.74, 6) is 0.218. The Morgan fingerprint density at radius 2 is 2.15 bits per heavy atom. The number of hydrogen-bond acceptors (Lipinski definition) is 4. The quantitative estimate of drug-likeness (QED) is 0.898. The summed E-state index contributed by atoms with van der Waals surface area (Å²) in [6.45, 7) is 5.21. The average molecular weight is 278 g/mol. The smallest absolute Gasteiger partial charge is 0.314 e. The van der Waals surface area contributed by atoms with Crippen molar-refractivity contribution in [3.8, 4) is 0 Å². The summed E-state index contributed by atoms with van der Waals surface area (Å²) in [4.78, 5) is 18.3. The molecule has 0 radical (unpaired) electrons. The first-order valence-corrected chi connectivity index (χ1v) is 7.59. The first kappa shape index (κ1) is 13.5. The van der Waals surface area contributed by atoms with Crippen LogP contribution in [0.15, 0.2) is 0 Å². The molecule has 1 N–H and O–H groups in total. The molecule has 0 bridgehead atoms. The van der Waals surface area contributed by atoms with Gasteiger partial charge >= 0.3 is 5.97 Å². The van der Waals surface area contributed by atoms with Gasteiger partial charge in [0.05, 0.1) is 0 Å². The van der Waals surface area contributed by atoms with Gasteiger partial charge in [-0.25, -0.2) is 9.67 Å². The summed E-state index contributed by atoms with van der Waals surface area (Å²) in [5, 5.41) is 13.8. The van der Waals surface area contributed by atoms with Gasteiger partial charge in [-0.1, -0.05) is 6.92 Å². The Hall–Kier alpha value is -1.43. The van der Waals surface area contributed by atoms with E-state index in [1.54, 1.807) is 0 Å². The number of hydrogen-bond donors (Lipinski definition) is 1. The number of aliphatic carboxylic acids is 1. The molecule has 3 rings (SSSR count). The summed E-state index contributed by atoms with van der Waals surface area (Å²) in [5.41, 5.74) is 0. The molecule has 6 nitrogen and oxygen atoms in total. The minimum absolute atomic E-state index is 0.476. The van der Waals surface area contributed by atoms with Crippen LogP contribution in [0.2, 0.25) is 0 Å². The highest BCUT2D eigenvalue weighted by Crippen LogP contribution is 2.27. The second-order valence-electron chi connectivity index (χ2n) is 5.77. The Morgan fingerprint density at radius 3 is 2.90 bits per heavy atom. The van der Waals surface area contributed by atoms with E-state index >= 15 is 0 Å². The zero-order valence-corrected chi connectivity index (χ0v) is 12.0. The molecule has 0 saturated carbocycles. The van der Waals surface area contributed by atoms with E-state index in [2.05, 4.69) is 21.9 Å². The molecule has 2 aliphatic rings. The summed E-state index contributed by atoms with van der Waals surface area (Å²) < 4.78 is 1.81. The standard InChI is InChI=1S/C14H22N4O2/c1-2-17-7-3-5-10(17)9-12-15-13-11(14(19)20)6-4-8-18(13)16-12/h10-11H,2-9H2,1H3,(H,19,20). The van der Waals surface area contributed by atoms with Gasteiger partial charge in [0, 0.05) is 19.0 Å². The molecule has 0 aromatic carbocycles. The van der Waals surface area contributed by atoms with Gasteiger partial charge in [0.1, 0.15) is 11.7 Å². The van der Waals surface area contributed by atoms with E-state index < -0.39 is 11.9 Å². The Kier molecular flexibility index (Phi) is 3.74. The lowest BCUT2D eigenvalue weighted by molar-refractivity contribution is -0.139. The molecule has 1 saturated heterocycles. The predicted octanol–water partition coefficient (Wildman–Crippen LogP) is 1.27. The van der Waals surface area contributed by atoms with E-state index in [0.717, 1.165) is 38.3 Å². The Bertz CT molecular complexity index is 499. The van der Waals surface area contributed by atoms with Gasteiger partial charge in [0.2, 0.25) is 0 Å². The summed E-state index contributed by atoms with van der Waals surface area (Å²) >= 11 is 0. The molecule has 2 aliphatic heterocycles. The van der Waals surface area contributed by atoms with Crippen molar-refractivity contribution in [3.63, 3.8) is 0 Å². The SMILES string of the molecule is CCN1CCCC1Cc1nc2n(n1)CCCC2C(=O)O. The predicted molar refractivity (Wildman–Crippen MR) is 73.6 cm³/mol. The highest BCUT2D eigenvalue weighted by molar-refractivity contribution is 5.75. The van der Waals surface area contributed by atoms with Crippen LogP contribution in [0, 0.1) is 0 Å². The van der Waals surface area contributed by atoms with E-state index in [1.165, 1.54) is 12.8 Å². The number of likely N-dealkylation sites (tertiary alicyclic amines) is 1. The van der Waals surface area contributed by atoms with Crippen LogP contribution in [0.3, 0.4) is 0 Å². The summed E-state index contributed by atoms with van der Waals surface area (Å²) in [7, 11) is 0. The maximum atomic E-state index is 11.3. The Labute approximate surface area is 118 Å². The lowest BCUT2D eigenvalue weighted by Crippen LogP contribution is -2.31. The maximum absolute atomic E-state index is 11.3. The van der Waals surface area contributed by atoms with Crippen LogP contribution >= 0.6 is 0 Å². The number of fused-ring (bicyclic) bond motifs is 1. The number of aryl methyl sites for hydroxylation is 1. The van der Waals surface area contributed by atoms with Gasteiger partial charge in [0.25, 0.3) is 0 Å². The second-order valence-corrected chi connectivity index (χ2v) is 5.77. The van der Waals surface area contributed by atoms with Gasteiger partial charge in [0.15, 0.2) is 5.82 Å². The second kappa shape index (κ2) is 5.52. The first-order chi connectivity index (χ1) is 9.69. The fourth-order valence-corrected chi connectivity index (χ4v) is 3.47. The number of rotatable bonds is 4. The Balaban J connectivity index is 1.77. The van der Waals surface area contributed by atoms with Gasteiger partial charge in [-0.3, -0.25) is 4.79 Å². The van der Waals surface area contributed by atoms with Crippen molar-refractivity contribution in [1.82, 2.24) is 19.7 Å². The fraction of sp³-hybridized carbons (Fsp3) is 0.786. The first-order valence-electron chi connectivity index (χ1n) is 7.59. The van der Waals surface area contributed by atoms with Crippen molar-refractivity contribution in [2.45, 2.75) is 57.5 Å². The van der Waals surface area contributed by atoms with Crippen molar-refractivity contribution in [3.05, 3.63) is 11.6 Å². The van der Waals surface area contributed by atoms with Crippen LogP contribution < -0.4 is 0 Å². The van der Waals surface area contributed by atoms with Gasteiger partial charge in [-0.05, 0) is 38.8 Å². The van der Waals surface area contributed by atoms with Crippen molar-refractivity contribution in [2.75, 3.05) is 13.1 Å². The third-order valence-electron chi connectivity index (χ3n) is 4.54. The number of carboxylic acids is 1. The topological polar surface area (TPSA) is 71.2 Å². The highest BCUT2D eigenvalue weighted by Gasteiger charge is 2.31. The summed E-state index contributed by atoms with van der Waals surface area (Å²) in [6.07, 6.45) is 4.83. The van der Waals surface area contributed by atoms with Gasteiger partial charge < -0.3 is 10.0 Å². The molecule has 2 unspecified atom stereocenters. The van der Waals surface area contributed by atoms with Gasteiger partial charge in [-0.2, -0.15) is 5.10 Å². The molecule has 3 heterocycles. The molecule has 0 aliphatic carbocycles. The molecule has 0 spiro atoms. The zero-order chi connectivity index (χ0) is 14.1. The normalized spacial score (nSPS) is 26.6. The van der Waals surface area contributed by atoms with E-state index in [9.17, 15) is 9.90 Å². The van der Waals surface area contributed by atoms with Crippen LogP contribution in [0.4, 0.5) is 0 Å². The van der Waals surface area contributed by atoms with Crippen LogP contribution in [-0.4, -0.2) is 49.9 Å². The summed E-state index contributed by atoms with van der Waals surface area (Å²) in [6, 6.07) is 0.521. The van der Waals surface area contributed by atoms with Crippen molar-refractivity contribution in [2.24, 2.45) is 0 Å². The van der Waals surface area contributed by atoms with Crippen LogP contribution in [0.25, 0.3) is 0 Å². The van der Waals surface area contributed by atoms with Crippen molar-refractivity contribution >= 4 is 5.97 Å². The molecular formula is C14H22N4O2. The van der Waals surface area contributed by atoms with Crippen LogP contribution in [0.1, 0.15) is 50.2 Å². The maximum Gasteiger partial charge on any atom is 0.314 e. The molecule has 1 fully saturated rings. The van der Waals surface area contributed by atoms with E-state index in [0.29, 0.717) is 18.3 Å².